The van der Waals surface area contributed by atoms with Gasteiger partial charge in [0.05, 0.1) is 18.2 Å². The molecule has 0 aromatic heterocycles. The second-order valence-electron chi connectivity index (χ2n) is 6.07. The fraction of sp³-hybridized carbons (Fsp3) is 0.667. The molecular weight excluding hydrogens is 262 g/mol. The van der Waals surface area contributed by atoms with Crippen LogP contribution in [0.3, 0.4) is 0 Å². The van der Waals surface area contributed by atoms with E-state index in [0.29, 0.717) is 0 Å². The van der Waals surface area contributed by atoms with Gasteiger partial charge in [-0.2, -0.15) is 0 Å². The lowest BCUT2D eigenvalue weighted by molar-refractivity contribution is -0.0124. The third-order valence-electron chi connectivity index (χ3n) is 4.14. The van der Waals surface area contributed by atoms with Crippen molar-refractivity contribution >= 4 is 0 Å². The molecule has 0 spiro atoms. The van der Waals surface area contributed by atoms with Crippen LogP contribution in [0.25, 0.3) is 0 Å². The normalized spacial score (nSPS) is 23.2. The molecule has 0 amide bonds. The lowest BCUT2D eigenvalue weighted by Crippen LogP contribution is -2.41. The molecule has 0 saturated carbocycles. The molecule has 1 heterocycles. The Balaban J connectivity index is 2.12. The number of hydrogen-bond donors (Lipinski definition) is 1. The maximum Gasteiger partial charge on any atom is 0.119 e. The lowest BCUT2D eigenvalue weighted by Gasteiger charge is -2.34. The van der Waals surface area contributed by atoms with Crippen molar-refractivity contribution in [3.8, 4) is 5.75 Å². The molecule has 3 nitrogen and oxygen atoms in total. The minimum absolute atomic E-state index is 0.0963. The van der Waals surface area contributed by atoms with Gasteiger partial charge in [-0.25, -0.2) is 0 Å². The summed E-state index contributed by atoms with van der Waals surface area (Å²) in [5, 5.41) is 3.66. The zero-order valence-electron chi connectivity index (χ0n) is 13.7. The summed E-state index contributed by atoms with van der Waals surface area (Å²) in [5.74, 6) is 0.951. The minimum atomic E-state index is -0.0963. The summed E-state index contributed by atoms with van der Waals surface area (Å²) in [6.07, 6.45) is 4.43. The van der Waals surface area contributed by atoms with E-state index in [0.717, 1.165) is 51.2 Å². The Morgan fingerprint density at radius 1 is 1.24 bits per heavy atom. The number of hydrogen-bond acceptors (Lipinski definition) is 3. The van der Waals surface area contributed by atoms with E-state index in [4.69, 9.17) is 9.47 Å². The maximum atomic E-state index is 6.06. The Hall–Kier alpha value is -1.06. The van der Waals surface area contributed by atoms with Crippen molar-refractivity contribution in [3.63, 3.8) is 0 Å². The molecule has 1 aliphatic rings. The number of rotatable bonds is 8. The third kappa shape index (κ3) is 4.21. The van der Waals surface area contributed by atoms with Gasteiger partial charge in [0.25, 0.3) is 0 Å². The molecule has 0 radical (unpaired) electrons. The first-order valence-electron chi connectivity index (χ1n) is 8.29. The van der Waals surface area contributed by atoms with Gasteiger partial charge in [-0.15, -0.1) is 0 Å². The molecule has 1 aliphatic heterocycles. The monoisotopic (exact) mass is 291 g/mol. The van der Waals surface area contributed by atoms with E-state index >= 15 is 0 Å². The Morgan fingerprint density at radius 3 is 2.57 bits per heavy atom. The van der Waals surface area contributed by atoms with Gasteiger partial charge in [-0.05, 0) is 56.8 Å². The van der Waals surface area contributed by atoms with Gasteiger partial charge in [-0.1, -0.05) is 26.0 Å². The van der Waals surface area contributed by atoms with E-state index in [1.54, 1.807) is 0 Å². The Kier molecular flexibility index (Phi) is 6.07. The van der Waals surface area contributed by atoms with Gasteiger partial charge < -0.3 is 14.8 Å². The largest absolute Gasteiger partial charge is 0.494 e. The van der Waals surface area contributed by atoms with Crippen LogP contribution in [-0.4, -0.2) is 25.4 Å². The summed E-state index contributed by atoms with van der Waals surface area (Å²) in [5.41, 5.74) is 1.19. The third-order valence-corrected chi connectivity index (χ3v) is 4.14. The number of ether oxygens (including phenoxy) is 2. The standard InChI is InChI=1S/C18H29NO2/c1-4-12-19-17(18(3)11-6-14-21-18)15-7-9-16(10-8-15)20-13-5-2/h7-10,17,19H,4-6,11-14H2,1-3H3. The first kappa shape index (κ1) is 16.3. The highest BCUT2D eigenvalue weighted by Crippen LogP contribution is 2.37. The zero-order chi connectivity index (χ0) is 15.1. The fourth-order valence-corrected chi connectivity index (χ4v) is 2.98. The van der Waals surface area contributed by atoms with E-state index in [1.165, 1.54) is 5.56 Å². The SMILES string of the molecule is CCCNC(c1ccc(OCCC)cc1)C1(C)CCCO1. The minimum Gasteiger partial charge on any atom is -0.494 e. The number of nitrogens with one attached hydrogen (secondary N) is 1. The second kappa shape index (κ2) is 7.81. The van der Waals surface area contributed by atoms with Crippen LogP contribution >= 0.6 is 0 Å². The van der Waals surface area contributed by atoms with Crippen molar-refractivity contribution in [1.29, 1.82) is 0 Å². The summed E-state index contributed by atoms with van der Waals surface area (Å²) in [6.45, 7) is 9.21. The molecule has 118 valence electrons. The van der Waals surface area contributed by atoms with Crippen molar-refractivity contribution in [1.82, 2.24) is 5.32 Å². The van der Waals surface area contributed by atoms with Gasteiger partial charge in [-0.3, -0.25) is 0 Å². The van der Waals surface area contributed by atoms with Crippen molar-refractivity contribution in [2.24, 2.45) is 0 Å². The van der Waals surface area contributed by atoms with Gasteiger partial charge >= 0.3 is 0 Å². The average molecular weight is 291 g/mol. The maximum absolute atomic E-state index is 6.06. The summed E-state index contributed by atoms with van der Waals surface area (Å²) in [6, 6.07) is 8.74. The van der Waals surface area contributed by atoms with Crippen LogP contribution in [0, 0.1) is 0 Å². The Labute approximate surface area is 129 Å². The molecule has 1 fully saturated rings. The van der Waals surface area contributed by atoms with Crippen LogP contribution < -0.4 is 10.1 Å². The Bertz CT molecular complexity index is 410. The van der Waals surface area contributed by atoms with Gasteiger partial charge in [0.1, 0.15) is 5.75 Å². The van der Waals surface area contributed by atoms with Crippen LogP contribution in [0.5, 0.6) is 5.75 Å². The van der Waals surface area contributed by atoms with E-state index in [9.17, 15) is 0 Å². The molecule has 1 aromatic rings. The first-order valence-corrected chi connectivity index (χ1v) is 8.29. The zero-order valence-corrected chi connectivity index (χ0v) is 13.7. The van der Waals surface area contributed by atoms with E-state index in [1.807, 2.05) is 0 Å². The quantitative estimate of drug-likeness (QED) is 0.782. The molecule has 0 bridgehead atoms. The number of benzene rings is 1. The van der Waals surface area contributed by atoms with E-state index in [-0.39, 0.29) is 11.6 Å². The highest BCUT2D eigenvalue weighted by molar-refractivity contribution is 5.31. The summed E-state index contributed by atoms with van der Waals surface area (Å²) < 4.78 is 11.7. The van der Waals surface area contributed by atoms with Gasteiger partial charge in [0.2, 0.25) is 0 Å². The van der Waals surface area contributed by atoms with Gasteiger partial charge in [0.15, 0.2) is 0 Å². The van der Waals surface area contributed by atoms with Crippen LogP contribution in [0.2, 0.25) is 0 Å². The molecule has 2 unspecified atom stereocenters. The topological polar surface area (TPSA) is 30.5 Å². The molecule has 0 aliphatic carbocycles. The molecule has 3 heteroatoms. The van der Waals surface area contributed by atoms with Crippen LogP contribution in [-0.2, 0) is 4.74 Å². The molecule has 1 aromatic carbocycles. The molecule has 21 heavy (non-hydrogen) atoms. The molecular formula is C18H29NO2. The van der Waals surface area contributed by atoms with E-state index < -0.39 is 0 Å². The Morgan fingerprint density at radius 2 is 2.00 bits per heavy atom. The van der Waals surface area contributed by atoms with Crippen molar-refractivity contribution < 1.29 is 9.47 Å². The van der Waals surface area contributed by atoms with Crippen LogP contribution in [0.15, 0.2) is 24.3 Å². The first-order chi connectivity index (χ1) is 10.2. The molecule has 2 atom stereocenters. The van der Waals surface area contributed by atoms with Gasteiger partial charge in [0, 0.05) is 6.61 Å². The van der Waals surface area contributed by atoms with Crippen LogP contribution in [0.1, 0.15) is 58.1 Å². The van der Waals surface area contributed by atoms with Crippen LogP contribution in [0.4, 0.5) is 0 Å². The lowest BCUT2D eigenvalue weighted by atomic mass is 9.87. The highest BCUT2D eigenvalue weighted by Gasteiger charge is 2.38. The van der Waals surface area contributed by atoms with Crippen molar-refractivity contribution in [2.75, 3.05) is 19.8 Å². The summed E-state index contributed by atoms with van der Waals surface area (Å²) in [4.78, 5) is 0. The predicted octanol–water partition coefficient (Wildman–Crippen LogP) is 4.09. The predicted molar refractivity (Wildman–Crippen MR) is 86.9 cm³/mol. The van der Waals surface area contributed by atoms with Crippen molar-refractivity contribution in [3.05, 3.63) is 29.8 Å². The summed E-state index contributed by atoms with van der Waals surface area (Å²) >= 11 is 0. The smallest absolute Gasteiger partial charge is 0.119 e. The average Bonchev–Trinajstić information content (AvgIpc) is 2.94. The summed E-state index contributed by atoms with van der Waals surface area (Å²) in [7, 11) is 0. The molecule has 1 saturated heterocycles. The fourth-order valence-electron chi connectivity index (χ4n) is 2.98. The van der Waals surface area contributed by atoms with E-state index in [2.05, 4.69) is 50.4 Å². The molecule has 1 N–H and O–H groups in total. The highest BCUT2D eigenvalue weighted by atomic mass is 16.5. The molecule has 2 rings (SSSR count). The van der Waals surface area contributed by atoms with Crippen molar-refractivity contribution in [2.45, 2.75) is 58.1 Å². The second-order valence-corrected chi connectivity index (χ2v) is 6.07.